The monoisotopic (exact) mass is 382 g/mol. The summed E-state index contributed by atoms with van der Waals surface area (Å²) < 4.78 is 5.12. The van der Waals surface area contributed by atoms with Crippen molar-refractivity contribution in [1.29, 1.82) is 0 Å². The molecule has 2 amide bonds. The van der Waals surface area contributed by atoms with E-state index in [-0.39, 0.29) is 5.15 Å². The van der Waals surface area contributed by atoms with Crippen LogP contribution in [0.1, 0.15) is 5.56 Å². The lowest BCUT2D eigenvalue weighted by atomic mass is 10.2. The predicted molar refractivity (Wildman–Crippen MR) is 104 cm³/mol. The molecular weight excluding hydrogens is 368 g/mol. The van der Waals surface area contributed by atoms with Crippen LogP contribution in [0.5, 0.6) is 5.75 Å². The van der Waals surface area contributed by atoms with E-state index in [1.54, 1.807) is 30.3 Å². The van der Waals surface area contributed by atoms with Crippen molar-refractivity contribution in [3.8, 4) is 5.75 Å². The molecule has 7 nitrogen and oxygen atoms in total. The lowest BCUT2D eigenvalue weighted by molar-refractivity contribution is -0.136. The smallest absolute Gasteiger partial charge is 0.329 e. The molecule has 0 radical (unpaired) electrons. The minimum Gasteiger partial charge on any atom is -0.495 e. The largest absolute Gasteiger partial charge is 0.495 e. The number of carbonyl (C=O) groups is 2. The van der Waals surface area contributed by atoms with Gasteiger partial charge in [-0.3, -0.25) is 9.59 Å². The van der Waals surface area contributed by atoms with Crippen LogP contribution in [0.4, 0.5) is 5.69 Å². The summed E-state index contributed by atoms with van der Waals surface area (Å²) in [7, 11) is 1.47. The van der Waals surface area contributed by atoms with Crippen LogP contribution in [-0.2, 0) is 9.59 Å². The minimum absolute atomic E-state index is 0.241. The maximum Gasteiger partial charge on any atom is 0.329 e. The Bertz CT molecular complexity index is 1040. The second-order valence-corrected chi connectivity index (χ2v) is 5.77. The Morgan fingerprint density at radius 3 is 2.67 bits per heavy atom. The zero-order chi connectivity index (χ0) is 19.2. The number of nitrogens with one attached hydrogen (secondary N) is 2. The summed E-state index contributed by atoms with van der Waals surface area (Å²) in [5.74, 6) is -1.36. The van der Waals surface area contributed by atoms with Crippen LogP contribution in [0, 0.1) is 0 Å². The number of amides is 2. The Hall–Kier alpha value is -3.45. The van der Waals surface area contributed by atoms with Crippen molar-refractivity contribution in [2.24, 2.45) is 5.10 Å². The van der Waals surface area contributed by atoms with Gasteiger partial charge in [0.2, 0.25) is 0 Å². The van der Waals surface area contributed by atoms with E-state index in [2.05, 4.69) is 20.8 Å². The molecule has 0 aliphatic heterocycles. The van der Waals surface area contributed by atoms with Gasteiger partial charge in [-0.15, -0.1) is 0 Å². The molecular formula is C19H15ClN4O3. The summed E-state index contributed by atoms with van der Waals surface area (Å²) >= 11 is 6.11. The van der Waals surface area contributed by atoms with Gasteiger partial charge in [0.15, 0.2) is 0 Å². The number of para-hydroxylation sites is 3. The molecule has 3 aromatic rings. The lowest BCUT2D eigenvalue weighted by Crippen LogP contribution is -2.32. The fraction of sp³-hybridized carbons (Fsp3) is 0.0526. The number of ether oxygens (including phenoxy) is 1. The molecule has 0 aliphatic rings. The molecule has 3 rings (SSSR count). The molecule has 0 spiro atoms. The van der Waals surface area contributed by atoms with Crippen molar-refractivity contribution in [3.63, 3.8) is 0 Å². The summed E-state index contributed by atoms with van der Waals surface area (Å²) in [6, 6.07) is 16.0. The molecule has 2 aromatic carbocycles. The average molecular weight is 383 g/mol. The van der Waals surface area contributed by atoms with Gasteiger partial charge in [0.1, 0.15) is 10.9 Å². The third kappa shape index (κ3) is 4.39. The molecule has 1 aromatic heterocycles. The topological polar surface area (TPSA) is 92.7 Å². The SMILES string of the molecule is COc1ccccc1NC(=O)C(=O)NN=Cc1cc2ccccc2nc1Cl. The van der Waals surface area contributed by atoms with Gasteiger partial charge in [0.25, 0.3) is 0 Å². The molecule has 0 saturated heterocycles. The Kier molecular flexibility index (Phi) is 5.63. The maximum atomic E-state index is 12.0. The highest BCUT2D eigenvalue weighted by atomic mass is 35.5. The van der Waals surface area contributed by atoms with Crippen molar-refractivity contribution in [2.45, 2.75) is 0 Å². The summed E-state index contributed by atoms with van der Waals surface area (Å²) in [5, 5.41) is 7.35. The van der Waals surface area contributed by atoms with Crippen LogP contribution in [0.3, 0.4) is 0 Å². The van der Waals surface area contributed by atoms with Gasteiger partial charge in [-0.25, -0.2) is 10.4 Å². The van der Waals surface area contributed by atoms with Crippen LogP contribution in [0.2, 0.25) is 5.15 Å². The number of carbonyl (C=O) groups excluding carboxylic acids is 2. The number of fused-ring (bicyclic) bond motifs is 1. The number of nitrogens with zero attached hydrogens (tertiary/aromatic N) is 2. The molecule has 0 aliphatic carbocycles. The highest BCUT2D eigenvalue weighted by Gasteiger charge is 2.15. The number of aromatic nitrogens is 1. The lowest BCUT2D eigenvalue weighted by Gasteiger charge is -2.08. The van der Waals surface area contributed by atoms with E-state index >= 15 is 0 Å². The van der Waals surface area contributed by atoms with Gasteiger partial charge in [-0.1, -0.05) is 41.9 Å². The number of benzene rings is 2. The molecule has 0 saturated carbocycles. The number of hydrogen-bond donors (Lipinski definition) is 2. The highest BCUT2D eigenvalue weighted by molar-refractivity contribution is 6.39. The Morgan fingerprint density at radius 1 is 1.11 bits per heavy atom. The Balaban J connectivity index is 1.66. The second kappa shape index (κ2) is 8.29. The van der Waals surface area contributed by atoms with Gasteiger partial charge < -0.3 is 10.1 Å². The number of anilines is 1. The quantitative estimate of drug-likeness (QED) is 0.314. The van der Waals surface area contributed by atoms with Crippen molar-refractivity contribution < 1.29 is 14.3 Å². The van der Waals surface area contributed by atoms with E-state index < -0.39 is 11.8 Å². The molecule has 0 unspecified atom stereocenters. The fourth-order valence-electron chi connectivity index (χ4n) is 2.34. The third-order valence-electron chi connectivity index (χ3n) is 3.64. The molecule has 0 fully saturated rings. The summed E-state index contributed by atoms with van der Waals surface area (Å²) in [6.45, 7) is 0. The van der Waals surface area contributed by atoms with Gasteiger partial charge in [-0.2, -0.15) is 5.10 Å². The van der Waals surface area contributed by atoms with Crippen molar-refractivity contribution in [3.05, 3.63) is 65.3 Å². The van der Waals surface area contributed by atoms with Gasteiger partial charge >= 0.3 is 11.8 Å². The van der Waals surface area contributed by atoms with E-state index in [0.717, 1.165) is 10.9 Å². The first kappa shape index (κ1) is 18.3. The van der Waals surface area contributed by atoms with Crippen LogP contribution in [-0.4, -0.2) is 30.1 Å². The van der Waals surface area contributed by atoms with Crippen LogP contribution in [0.15, 0.2) is 59.7 Å². The summed E-state index contributed by atoms with van der Waals surface area (Å²) in [6.07, 6.45) is 1.33. The Morgan fingerprint density at radius 2 is 1.85 bits per heavy atom. The first-order valence-corrected chi connectivity index (χ1v) is 8.29. The fourth-order valence-corrected chi connectivity index (χ4v) is 2.53. The van der Waals surface area contributed by atoms with Gasteiger partial charge in [-0.05, 0) is 24.3 Å². The van der Waals surface area contributed by atoms with E-state index in [0.29, 0.717) is 17.0 Å². The van der Waals surface area contributed by atoms with Gasteiger partial charge in [0.05, 0.1) is 24.5 Å². The van der Waals surface area contributed by atoms with Crippen molar-refractivity contribution in [1.82, 2.24) is 10.4 Å². The minimum atomic E-state index is -0.929. The maximum absolute atomic E-state index is 12.0. The number of rotatable bonds is 4. The molecule has 0 bridgehead atoms. The number of hydrazone groups is 1. The first-order chi connectivity index (χ1) is 13.1. The number of halogens is 1. The summed E-state index contributed by atoms with van der Waals surface area (Å²) in [4.78, 5) is 28.1. The standard InChI is InChI=1S/C19H15ClN4O3/c1-27-16-9-5-4-8-15(16)23-18(25)19(26)24-21-11-13-10-12-6-2-3-7-14(12)22-17(13)20/h2-11H,1H3,(H,23,25)(H,24,26). The zero-order valence-corrected chi connectivity index (χ0v) is 15.0. The number of pyridine rings is 1. The molecule has 27 heavy (non-hydrogen) atoms. The normalized spacial score (nSPS) is 10.7. The molecule has 136 valence electrons. The van der Waals surface area contributed by atoms with Crippen molar-refractivity contribution in [2.75, 3.05) is 12.4 Å². The van der Waals surface area contributed by atoms with E-state index in [4.69, 9.17) is 16.3 Å². The molecule has 8 heteroatoms. The van der Waals surface area contributed by atoms with E-state index in [9.17, 15) is 9.59 Å². The van der Waals surface area contributed by atoms with Crippen LogP contribution >= 0.6 is 11.6 Å². The Labute approximate surface area is 160 Å². The predicted octanol–water partition coefficient (Wildman–Crippen LogP) is 2.99. The number of hydrogen-bond acceptors (Lipinski definition) is 5. The van der Waals surface area contributed by atoms with E-state index in [1.165, 1.54) is 13.3 Å². The zero-order valence-electron chi connectivity index (χ0n) is 14.3. The van der Waals surface area contributed by atoms with Crippen LogP contribution < -0.4 is 15.5 Å². The molecule has 2 N–H and O–H groups in total. The number of methoxy groups -OCH3 is 1. The third-order valence-corrected chi connectivity index (χ3v) is 3.94. The van der Waals surface area contributed by atoms with Gasteiger partial charge in [0, 0.05) is 10.9 Å². The molecule has 1 heterocycles. The first-order valence-electron chi connectivity index (χ1n) is 7.91. The van der Waals surface area contributed by atoms with E-state index in [1.807, 2.05) is 24.3 Å². The summed E-state index contributed by atoms with van der Waals surface area (Å²) in [5.41, 5.74) is 3.80. The molecule has 0 atom stereocenters. The van der Waals surface area contributed by atoms with Crippen molar-refractivity contribution >= 4 is 46.2 Å². The highest BCUT2D eigenvalue weighted by Crippen LogP contribution is 2.22. The average Bonchev–Trinajstić information content (AvgIpc) is 2.68. The second-order valence-electron chi connectivity index (χ2n) is 5.41. The van der Waals surface area contributed by atoms with Crippen LogP contribution in [0.25, 0.3) is 10.9 Å².